The van der Waals surface area contributed by atoms with Crippen molar-refractivity contribution in [2.75, 3.05) is 12.3 Å². The molecule has 0 fully saturated rings. The molecule has 4 nitrogen and oxygen atoms in total. The van der Waals surface area contributed by atoms with E-state index in [1.807, 2.05) is 37.3 Å². The molecule has 1 aromatic heterocycles. The normalized spacial score (nSPS) is 10.0. The zero-order valence-corrected chi connectivity index (χ0v) is 11.5. The molecule has 0 amide bonds. The Morgan fingerprint density at radius 3 is 2.90 bits per heavy atom. The lowest BCUT2D eigenvalue weighted by atomic mass is 10.0. The quantitative estimate of drug-likeness (QED) is 0.843. The molecule has 2 rings (SSSR count). The summed E-state index contributed by atoms with van der Waals surface area (Å²) in [7, 11) is 0. The van der Waals surface area contributed by atoms with Crippen LogP contribution in [0.4, 0.5) is 5.82 Å². The zero-order valence-electron chi connectivity index (χ0n) is 11.5. The van der Waals surface area contributed by atoms with Gasteiger partial charge in [-0.15, -0.1) is 0 Å². The summed E-state index contributed by atoms with van der Waals surface area (Å²) in [4.78, 5) is 4.00. The number of ether oxygens (including phenoxy) is 1. The third-order valence-corrected chi connectivity index (χ3v) is 3.00. The highest BCUT2D eigenvalue weighted by atomic mass is 16.5. The Morgan fingerprint density at radius 1 is 1.30 bits per heavy atom. The standard InChI is InChI=1S/C16H17N3O/c1-12-4-5-14(20-9-3-2-7-17)11-15(12)13-6-8-19-16(18)10-13/h4-6,8,10-11H,2-3,9H2,1H3,(H2,18,19). The van der Waals surface area contributed by atoms with Crippen LogP contribution in [0.5, 0.6) is 5.75 Å². The minimum absolute atomic E-state index is 0.502. The van der Waals surface area contributed by atoms with Gasteiger partial charge in [-0.05, 0) is 54.3 Å². The van der Waals surface area contributed by atoms with Gasteiger partial charge in [-0.2, -0.15) is 5.26 Å². The molecule has 0 aliphatic carbocycles. The smallest absolute Gasteiger partial charge is 0.123 e. The summed E-state index contributed by atoms with van der Waals surface area (Å²) in [5.41, 5.74) is 8.98. The van der Waals surface area contributed by atoms with E-state index in [0.717, 1.165) is 28.9 Å². The van der Waals surface area contributed by atoms with E-state index >= 15 is 0 Å². The highest BCUT2D eigenvalue weighted by Crippen LogP contribution is 2.28. The van der Waals surface area contributed by atoms with E-state index in [9.17, 15) is 0 Å². The molecule has 20 heavy (non-hydrogen) atoms. The van der Waals surface area contributed by atoms with Crippen molar-refractivity contribution in [2.45, 2.75) is 19.8 Å². The number of nitrogen functional groups attached to an aromatic ring is 1. The predicted molar refractivity (Wildman–Crippen MR) is 79.2 cm³/mol. The Bertz CT molecular complexity index is 632. The first-order valence-corrected chi connectivity index (χ1v) is 6.53. The SMILES string of the molecule is Cc1ccc(OCCCC#N)cc1-c1ccnc(N)c1. The Hall–Kier alpha value is -2.54. The monoisotopic (exact) mass is 267 g/mol. The van der Waals surface area contributed by atoms with Crippen LogP contribution in [-0.4, -0.2) is 11.6 Å². The predicted octanol–water partition coefficient (Wildman–Crippen LogP) is 3.32. The van der Waals surface area contributed by atoms with Crippen LogP contribution >= 0.6 is 0 Å². The van der Waals surface area contributed by atoms with Gasteiger partial charge in [-0.1, -0.05) is 6.07 Å². The molecule has 2 aromatic rings. The third-order valence-electron chi connectivity index (χ3n) is 3.00. The van der Waals surface area contributed by atoms with E-state index in [1.54, 1.807) is 6.20 Å². The van der Waals surface area contributed by atoms with Gasteiger partial charge < -0.3 is 10.5 Å². The molecule has 1 aromatic carbocycles. The van der Waals surface area contributed by atoms with E-state index in [4.69, 9.17) is 15.7 Å². The first-order valence-electron chi connectivity index (χ1n) is 6.53. The minimum atomic E-state index is 0.502. The zero-order chi connectivity index (χ0) is 14.4. The molecule has 0 atom stereocenters. The number of anilines is 1. The molecule has 0 saturated carbocycles. The maximum absolute atomic E-state index is 8.50. The number of aryl methyl sites for hydroxylation is 1. The molecule has 1 heterocycles. The Kier molecular flexibility index (Phi) is 4.56. The van der Waals surface area contributed by atoms with Crippen molar-refractivity contribution >= 4 is 5.82 Å². The highest BCUT2D eigenvalue weighted by molar-refractivity contribution is 5.70. The second-order valence-corrected chi connectivity index (χ2v) is 4.56. The fourth-order valence-corrected chi connectivity index (χ4v) is 1.96. The lowest BCUT2D eigenvalue weighted by Crippen LogP contribution is -1.97. The van der Waals surface area contributed by atoms with E-state index in [0.29, 0.717) is 18.8 Å². The highest BCUT2D eigenvalue weighted by Gasteiger charge is 2.05. The number of nitriles is 1. The number of nitrogens with zero attached hydrogens (tertiary/aromatic N) is 2. The van der Waals surface area contributed by atoms with E-state index in [-0.39, 0.29) is 0 Å². The van der Waals surface area contributed by atoms with Gasteiger partial charge in [0.2, 0.25) is 0 Å². The molecule has 2 N–H and O–H groups in total. The Balaban J connectivity index is 2.19. The second kappa shape index (κ2) is 6.58. The second-order valence-electron chi connectivity index (χ2n) is 4.56. The number of benzene rings is 1. The summed E-state index contributed by atoms with van der Waals surface area (Å²) in [5, 5.41) is 8.50. The maximum atomic E-state index is 8.50. The van der Waals surface area contributed by atoms with Gasteiger partial charge in [0.15, 0.2) is 0 Å². The van der Waals surface area contributed by atoms with Gasteiger partial charge in [0, 0.05) is 12.6 Å². The summed E-state index contributed by atoms with van der Waals surface area (Å²) in [5.74, 6) is 1.31. The lowest BCUT2D eigenvalue weighted by Gasteiger charge is -2.10. The van der Waals surface area contributed by atoms with Crippen molar-refractivity contribution < 1.29 is 4.74 Å². The van der Waals surface area contributed by atoms with Crippen LogP contribution in [0.25, 0.3) is 11.1 Å². The summed E-state index contributed by atoms with van der Waals surface area (Å²) < 4.78 is 5.66. The molecule has 4 heteroatoms. The number of nitrogens with two attached hydrogens (primary N) is 1. The van der Waals surface area contributed by atoms with Crippen molar-refractivity contribution in [3.05, 3.63) is 42.1 Å². The summed E-state index contributed by atoms with van der Waals surface area (Å²) in [6, 6.07) is 11.8. The molecular formula is C16H17N3O. The van der Waals surface area contributed by atoms with Gasteiger partial charge in [0.05, 0.1) is 12.7 Å². The first-order chi connectivity index (χ1) is 9.70. The van der Waals surface area contributed by atoms with Gasteiger partial charge in [0.1, 0.15) is 11.6 Å². The number of hydrogen-bond donors (Lipinski definition) is 1. The van der Waals surface area contributed by atoms with Crippen LogP contribution in [0.2, 0.25) is 0 Å². The first kappa shape index (κ1) is 13.9. The van der Waals surface area contributed by atoms with Crippen molar-refractivity contribution in [3.63, 3.8) is 0 Å². The molecule has 0 saturated heterocycles. The van der Waals surface area contributed by atoms with E-state index in [2.05, 4.69) is 11.1 Å². The van der Waals surface area contributed by atoms with Crippen LogP contribution in [-0.2, 0) is 0 Å². The van der Waals surface area contributed by atoms with Crippen LogP contribution in [0, 0.1) is 18.3 Å². The van der Waals surface area contributed by atoms with Crippen molar-refractivity contribution in [2.24, 2.45) is 0 Å². The minimum Gasteiger partial charge on any atom is -0.494 e. The van der Waals surface area contributed by atoms with Gasteiger partial charge >= 0.3 is 0 Å². The molecule has 0 aliphatic rings. The average Bonchev–Trinajstić information content (AvgIpc) is 2.45. The number of pyridine rings is 1. The average molecular weight is 267 g/mol. The molecule has 0 radical (unpaired) electrons. The van der Waals surface area contributed by atoms with Crippen LogP contribution in [0.3, 0.4) is 0 Å². The van der Waals surface area contributed by atoms with Crippen molar-refractivity contribution in [1.29, 1.82) is 5.26 Å². The molecule has 0 aliphatic heterocycles. The fraction of sp³-hybridized carbons (Fsp3) is 0.250. The number of rotatable bonds is 5. The third kappa shape index (κ3) is 3.48. The number of hydrogen-bond acceptors (Lipinski definition) is 4. The van der Waals surface area contributed by atoms with E-state index in [1.165, 1.54) is 0 Å². The molecule has 0 spiro atoms. The van der Waals surface area contributed by atoms with Gasteiger partial charge in [-0.3, -0.25) is 0 Å². The van der Waals surface area contributed by atoms with Gasteiger partial charge in [-0.25, -0.2) is 4.98 Å². The topological polar surface area (TPSA) is 71.9 Å². The van der Waals surface area contributed by atoms with Crippen LogP contribution in [0.1, 0.15) is 18.4 Å². The Morgan fingerprint density at radius 2 is 2.15 bits per heavy atom. The van der Waals surface area contributed by atoms with E-state index < -0.39 is 0 Å². The van der Waals surface area contributed by atoms with Crippen molar-refractivity contribution in [3.8, 4) is 22.9 Å². The largest absolute Gasteiger partial charge is 0.494 e. The molecular weight excluding hydrogens is 250 g/mol. The number of aromatic nitrogens is 1. The van der Waals surface area contributed by atoms with Crippen LogP contribution in [0.15, 0.2) is 36.5 Å². The summed E-state index contributed by atoms with van der Waals surface area (Å²) in [6.07, 6.45) is 2.95. The molecule has 102 valence electrons. The molecule has 0 unspecified atom stereocenters. The number of unbranched alkanes of at least 4 members (excludes halogenated alkanes) is 1. The summed E-state index contributed by atoms with van der Waals surface area (Å²) >= 11 is 0. The fourth-order valence-electron chi connectivity index (χ4n) is 1.96. The summed E-state index contributed by atoms with van der Waals surface area (Å²) in [6.45, 7) is 2.60. The lowest BCUT2D eigenvalue weighted by molar-refractivity contribution is 0.313. The molecule has 0 bridgehead atoms. The maximum Gasteiger partial charge on any atom is 0.123 e. The van der Waals surface area contributed by atoms with Crippen LogP contribution < -0.4 is 10.5 Å². The Labute approximate surface area is 118 Å². The van der Waals surface area contributed by atoms with Gasteiger partial charge in [0.25, 0.3) is 0 Å². The van der Waals surface area contributed by atoms with Crippen molar-refractivity contribution in [1.82, 2.24) is 4.98 Å².